The van der Waals surface area contributed by atoms with Gasteiger partial charge in [-0.3, -0.25) is 0 Å². The molecule has 0 aromatic heterocycles. The molecular formula is C13H18O3. The van der Waals surface area contributed by atoms with Gasteiger partial charge in [0.2, 0.25) is 0 Å². The first-order chi connectivity index (χ1) is 7.32. The maximum absolute atomic E-state index is 10.5. The molecule has 1 rings (SSSR count). The van der Waals surface area contributed by atoms with Crippen LogP contribution in [-0.2, 0) is 10.2 Å². The fraction of sp³-hybridized carbons (Fsp3) is 0.462. The van der Waals surface area contributed by atoms with E-state index in [-0.39, 0.29) is 12.0 Å². The number of ether oxygens (including phenoxy) is 1. The first kappa shape index (κ1) is 12.6. The van der Waals surface area contributed by atoms with Crippen LogP contribution in [0.15, 0.2) is 18.2 Å². The molecule has 0 saturated heterocycles. The van der Waals surface area contributed by atoms with Crippen molar-refractivity contribution in [2.24, 2.45) is 0 Å². The maximum atomic E-state index is 10.5. The van der Waals surface area contributed by atoms with E-state index in [9.17, 15) is 4.79 Å². The first-order valence-corrected chi connectivity index (χ1v) is 5.27. The Morgan fingerprint density at radius 2 is 2.00 bits per heavy atom. The predicted octanol–water partition coefficient (Wildman–Crippen LogP) is 2.76. The van der Waals surface area contributed by atoms with Crippen molar-refractivity contribution in [3.63, 3.8) is 0 Å². The summed E-state index contributed by atoms with van der Waals surface area (Å²) in [5, 5.41) is 8.63. The fourth-order valence-electron chi connectivity index (χ4n) is 1.57. The van der Waals surface area contributed by atoms with Gasteiger partial charge in [-0.15, -0.1) is 0 Å². The highest BCUT2D eigenvalue weighted by Crippen LogP contribution is 2.33. The Bertz CT molecular complexity index is 389. The van der Waals surface area contributed by atoms with Crippen LogP contribution in [0.25, 0.3) is 0 Å². The molecular weight excluding hydrogens is 204 g/mol. The number of rotatable bonds is 3. The van der Waals surface area contributed by atoms with Crippen molar-refractivity contribution >= 4 is 5.97 Å². The van der Waals surface area contributed by atoms with Crippen LogP contribution < -0.4 is 4.74 Å². The summed E-state index contributed by atoms with van der Waals surface area (Å²) in [7, 11) is 0. The lowest BCUT2D eigenvalue weighted by Crippen LogP contribution is -2.17. The van der Waals surface area contributed by atoms with Crippen molar-refractivity contribution < 1.29 is 14.6 Å². The summed E-state index contributed by atoms with van der Waals surface area (Å²) in [5.74, 6) is -0.263. The van der Waals surface area contributed by atoms with Crippen molar-refractivity contribution in [3.05, 3.63) is 29.3 Å². The summed E-state index contributed by atoms with van der Waals surface area (Å²) >= 11 is 0. The third kappa shape index (κ3) is 2.99. The van der Waals surface area contributed by atoms with Gasteiger partial charge in [0.15, 0.2) is 6.61 Å². The van der Waals surface area contributed by atoms with E-state index in [2.05, 4.69) is 20.8 Å². The van der Waals surface area contributed by atoms with Gasteiger partial charge < -0.3 is 9.84 Å². The van der Waals surface area contributed by atoms with Crippen LogP contribution in [0.4, 0.5) is 0 Å². The Labute approximate surface area is 96.1 Å². The van der Waals surface area contributed by atoms with Gasteiger partial charge >= 0.3 is 5.97 Å². The molecule has 88 valence electrons. The summed E-state index contributed by atoms with van der Waals surface area (Å²) in [6.45, 7) is 7.86. The third-order valence-electron chi connectivity index (χ3n) is 2.36. The SMILES string of the molecule is Cc1cccc(C(C)(C)C)c1OCC(=O)O. The number of carbonyl (C=O) groups is 1. The molecule has 0 aliphatic heterocycles. The van der Waals surface area contributed by atoms with Crippen LogP contribution in [0.5, 0.6) is 5.75 Å². The smallest absolute Gasteiger partial charge is 0.341 e. The van der Waals surface area contributed by atoms with E-state index in [1.54, 1.807) is 0 Å². The van der Waals surface area contributed by atoms with E-state index in [1.165, 1.54) is 0 Å². The number of hydrogen-bond donors (Lipinski definition) is 1. The predicted molar refractivity (Wildman–Crippen MR) is 63.0 cm³/mol. The van der Waals surface area contributed by atoms with Gasteiger partial charge in [-0.25, -0.2) is 4.79 Å². The highest BCUT2D eigenvalue weighted by atomic mass is 16.5. The number of hydrogen-bond acceptors (Lipinski definition) is 2. The molecule has 16 heavy (non-hydrogen) atoms. The van der Waals surface area contributed by atoms with E-state index in [1.807, 2.05) is 25.1 Å². The van der Waals surface area contributed by atoms with Crippen LogP contribution in [0.1, 0.15) is 31.9 Å². The minimum atomic E-state index is -0.955. The van der Waals surface area contributed by atoms with Crippen LogP contribution in [-0.4, -0.2) is 17.7 Å². The zero-order valence-corrected chi connectivity index (χ0v) is 10.2. The van der Waals surface area contributed by atoms with Gasteiger partial charge in [-0.1, -0.05) is 39.0 Å². The largest absolute Gasteiger partial charge is 0.481 e. The molecule has 1 aromatic carbocycles. The second kappa shape index (κ2) is 4.56. The molecule has 0 heterocycles. The Kier molecular flexibility index (Phi) is 3.58. The first-order valence-electron chi connectivity index (χ1n) is 5.27. The molecule has 0 aliphatic rings. The molecule has 0 spiro atoms. The van der Waals surface area contributed by atoms with E-state index >= 15 is 0 Å². The number of aliphatic carboxylic acids is 1. The Morgan fingerprint density at radius 1 is 1.38 bits per heavy atom. The van der Waals surface area contributed by atoms with E-state index < -0.39 is 5.97 Å². The van der Waals surface area contributed by atoms with Crippen molar-refractivity contribution in [2.45, 2.75) is 33.1 Å². The van der Waals surface area contributed by atoms with E-state index in [0.29, 0.717) is 5.75 Å². The number of aryl methyl sites for hydroxylation is 1. The van der Waals surface area contributed by atoms with E-state index in [0.717, 1.165) is 11.1 Å². The molecule has 1 N–H and O–H groups in total. The molecule has 3 heteroatoms. The summed E-state index contributed by atoms with van der Waals surface area (Å²) in [6, 6.07) is 5.86. The molecule has 0 atom stereocenters. The summed E-state index contributed by atoms with van der Waals surface area (Å²) in [5.41, 5.74) is 1.95. The van der Waals surface area contributed by atoms with Gasteiger partial charge in [-0.2, -0.15) is 0 Å². The lowest BCUT2D eigenvalue weighted by atomic mass is 9.85. The van der Waals surface area contributed by atoms with E-state index in [4.69, 9.17) is 9.84 Å². The van der Waals surface area contributed by atoms with Crippen LogP contribution in [0.2, 0.25) is 0 Å². The van der Waals surface area contributed by atoms with Crippen molar-refractivity contribution in [2.75, 3.05) is 6.61 Å². The molecule has 0 radical (unpaired) electrons. The quantitative estimate of drug-likeness (QED) is 0.855. The minimum absolute atomic E-state index is 0.0557. The summed E-state index contributed by atoms with van der Waals surface area (Å²) in [6.07, 6.45) is 0. The Balaban J connectivity index is 3.09. The average molecular weight is 222 g/mol. The molecule has 0 saturated carbocycles. The van der Waals surface area contributed by atoms with Crippen molar-refractivity contribution in [1.82, 2.24) is 0 Å². The second-order valence-electron chi connectivity index (χ2n) is 4.88. The molecule has 0 amide bonds. The summed E-state index contributed by atoms with van der Waals surface area (Å²) < 4.78 is 5.36. The molecule has 0 fully saturated rings. The maximum Gasteiger partial charge on any atom is 0.341 e. The normalized spacial score (nSPS) is 11.2. The number of para-hydroxylation sites is 1. The molecule has 0 aliphatic carbocycles. The van der Waals surface area contributed by atoms with Crippen LogP contribution in [0, 0.1) is 6.92 Å². The minimum Gasteiger partial charge on any atom is -0.481 e. The van der Waals surface area contributed by atoms with Gasteiger partial charge in [-0.05, 0) is 23.5 Å². The van der Waals surface area contributed by atoms with Crippen molar-refractivity contribution in [1.29, 1.82) is 0 Å². The average Bonchev–Trinajstić information content (AvgIpc) is 2.13. The summed E-state index contributed by atoms with van der Waals surface area (Å²) in [4.78, 5) is 10.5. The highest BCUT2D eigenvalue weighted by Gasteiger charge is 2.20. The standard InChI is InChI=1S/C13H18O3/c1-9-6-5-7-10(13(2,3)4)12(9)16-8-11(14)15/h5-7H,8H2,1-4H3,(H,14,15). The van der Waals surface area contributed by atoms with Crippen molar-refractivity contribution in [3.8, 4) is 5.75 Å². The number of carboxylic acids is 1. The Morgan fingerprint density at radius 3 is 2.50 bits per heavy atom. The Hall–Kier alpha value is -1.51. The monoisotopic (exact) mass is 222 g/mol. The fourth-order valence-corrected chi connectivity index (χ4v) is 1.57. The molecule has 1 aromatic rings. The number of benzene rings is 1. The molecule has 3 nitrogen and oxygen atoms in total. The lowest BCUT2D eigenvalue weighted by Gasteiger charge is -2.23. The number of carboxylic acid groups (broad SMARTS) is 1. The lowest BCUT2D eigenvalue weighted by molar-refractivity contribution is -0.139. The van der Waals surface area contributed by atoms with Crippen LogP contribution >= 0.6 is 0 Å². The highest BCUT2D eigenvalue weighted by molar-refractivity contribution is 5.68. The molecule has 0 unspecified atom stereocenters. The van der Waals surface area contributed by atoms with Gasteiger partial charge in [0.25, 0.3) is 0 Å². The van der Waals surface area contributed by atoms with Gasteiger partial charge in [0.1, 0.15) is 5.75 Å². The zero-order chi connectivity index (χ0) is 12.3. The topological polar surface area (TPSA) is 46.5 Å². The van der Waals surface area contributed by atoms with Gasteiger partial charge in [0, 0.05) is 0 Å². The third-order valence-corrected chi connectivity index (χ3v) is 2.36. The zero-order valence-electron chi connectivity index (χ0n) is 10.2. The van der Waals surface area contributed by atoms with Crippen LogP contribution in [0.3, 0.4) is 0 Å². The van der Waals surface area contributed by atoms with Gasteiger partial charge in [0.05, 0.1) is 0 Å². The second-order valence-corrected chi connectivity index (χ2v) is 4.88. The molecule has 0 bridgehead atoms.